The van der Waals surface area contributed by atoms with Crippen molar-refractivity contribution in [2.75, 3.05) is 0 Å². The second kappa shape index (κ2) is 6.44. The fourth-order valence-corrected chi connectivity index (χ4v) is 2.28. The van der Waals surface area contributed by atoms with E-state index in [1.54, 1.807) is 13.8 Å². The highest BCUT2D eigenvalue weighted by Crippen LogP contribution is 2.27. The van der Waals surface area contributed by atoms with Crippen LogP contribution in [0.2, 0.25) is 0 Å². The van der Waals surface area contributed by atoms with Crippen LogP contribution in [0.4, 0.5) is 11.4 Å². The van der Waals surface area contributed by atoms with E-state index < -0.39 is 5.56 Å². The number of pyridine rings is 1. The molecule has 6 heteroatoms. The number of aromatic hydroxyl groups is 1. The molecular weight excluding hydrogens is 292 g/mol. The van der Waals surface area contributed by atoms with Gasteiger partial charge in [-0.2, -0.15) is 10.4 Å². The van der Waals surface area contributed by atoms with Crippen LogP contribution >= 0.6 is 0 Å². The Morgan fingerprint density at radius 3 is 2.57 bits per heavy atom. The van der Waals surface area contributed by atoms with Crippen LogP contribution in [0.1, 0.15) is 29.2 Å². The first-order chi connectivity index (χ1) is 10.9. The molecule has 2 rings (SSSR count). The molecule has 6 nitrogen and oxygen atoms in total. The van der Waals surface area contributed by atoms with Crippen LogP contribution in [0.15, 0.2) is 33.2 Å². The van der Waals surface area contributed by atoms with Gasteiger partial charge < -0.3 is 5.11 Å². The van der Waals surface area contributed by atoms with E-state index in [1.807, 2.05) is 38.1 Å². The third kappa shape index (κ3) is 2.99. The summed E-state index contributed by atoms with van der Waals surface area (Å²) in [5.41, 5.74) is 2.62. The normalized spacial score (nSPS) is 10.9. The highest BCUT2D eigenvalue weighted by Gasteiger charge is 2.18. The second-order valence-corrected chi connectivity index (χ2v) is 5.32. The number of aromatic nitrogens is 1. The van der Waals surface area contributed by atoms with Gasteiger partial charge in [0.25, 0.3) is 5.56 Å². The average molecular weight is 310 g/mol. The second-order valence-electron chi connectivity index (χ2n) is 5.32. The lowest BCUT2D eigenvalue weighted by Crippen LogP contribution is -2.20. The molecule has 0 bridgehead atoms. The first kappa shape index (κ1) is 16.4. The van der Waals surface area contributed by atoms with Crippen LogP contribution in [-0.2, 0) is 6.54 Å². The Morgan fingerprint density at radius 2 is 1.96 bits per heavy atom. The van der Waals surface area contributed by atoms with Gasteiger partial charge in [0, 0.05) is 12.1 Å². The van der Waals surface area contributed by atoms with E-state index in [4.69, 9.17) is 0 Å². The lowest BCUT2D eigenvalue weighted by atomic mass is 10.1. The first-order valence-corrected chi connectivity index (χ1v) is 7.26. The van der Waals surface area contributed by atoms with Gasteiger partial charge in [0.15, 0.2) is 5.69 Å². The van der Waals surface area contributed by atoms with Crippen molar-refractivity contribution in [2.45, 2.75) is 34.2 Å². The zero-order chi connectivity index (χ0) is 17.1. The maximum Gasteiger partial charge on any atom is 0.281 e. The van der Waals surface area contributed by atoms with Gasteiger partial charge in [0.2, 0.25) is 5.88 Å². The number of benzene rings is 1. The fraction of sp³-hybridized carbons (Fsp3) is 0.294. The molecule has 1 aromatic carbocycles. The van der Waals surface area contributed by atoms with Crippen LogP contribution < -0.4 is 5.56 Å². The molecule has 0 atom stereocenters. The molecule has 0 radical (unpaired) electrons. The topological polar surface area (TPSA) is 90.7 Å². The van der Waals surface area contributed by atoms with Gasteiger partial charge in [-0.25, -0.2) is 0 Å². The van der Waals surface area contributed by atoms with E-state index in [-0.39, 0.29) is 23.7 Å². The minimum Gasteiger partial charge on any atom is -0.493 e. The molecule has 118 valence electrons. The number of hydrogen-bond acceptors (Lipinski definition) is 5. The summed E-state index contributed by atoms with van der Waals surface area (Å²) in [6.45, 7) is 7.39. The molecule has 0 unspecified atom stereocenters. The zero-order valence-corrected chi connectivity index (χ0v) is 13.6. The smallest absolute Gasteiger partial charge is 0.281 e. The van der Waals surface area contributed by atoms with Gasteiger partial charge >= 0.3 is 0 Å². The highest BCUT2D eigenvalue weighted by atomic mass is 16.3. The van der Waals surface area contributed by atoms with Crippen LogP contribution in [0.3, 0.4) is 0 Å². The van der Waals surface area contributed by atoms with Gasteiger partial charge in [-0.15, -0.1) is 5.11 Å². The Labute approximate surface area is 134 Å². The standard InChI is InChI=1S/C17H18N4O2/c1-5-21-16(22)13(9-18)12(4)15(17(21)23)20-19-14-8-10(2)6-7-11(14)3/h6-8,22H,5H2,1-4H3. The largest absolute Gasteiger partial charge is 0.493 e. The van der Waals surface area contributed by atoms with E-state index >= 15 is 0 Å². The maximum atomic E-state index is 12.4. The van der Waals surface area contributed by atoms with Crippen molar-refractivity contribution in [1.29, 1.82) is 5.26 Å². The van der Waals surface area contributed by atoms with Crippen LogP contribution in [0, 0.1) is 32.1 Å². The summed E-state index contributed by atoms with van der Waals surface area (Å²) in [4.78, 5) is 12.4. The summed E-state index contributed by atoms with van der Waals surface area (Å²) < 4.78 is 1.11. The van der Waals surface area contributed by atoms with E-state index in [1.165, 1.54) is 0 Å². The predicted octanol–water partition coefficient (Wildman–Crippen LogP) is 3.79. The number of nitrogens with zero attached hydrogens (tertiary/aromatic N) is 4. The third-order valence-electron chi connectivity index (χ3n) is 3.71. The average Bonchev–Trinajstić information content (AvgIpc) is 2.51. The Hall–Kier alpha value is -2.94. The summed E-state index contributed by atoms with van der Waals surface area (Å²) in [5, 5.41) is 27.4. The fourth-order valence-electron chi connectivity index (χ4n) is 2.28. The van der Waals surface area contributed by atoms with Crippen molar-refractivity contribution < 1.29 is 5.11 Å². The predicted molar refractivity (Wildman–Crippen MR) is 87.6 cm³/mol. The molecule has 0 amide bonds. The van der Waals surface area contributed by atoms with Crippen molar-refractivity contribution >= 4 is 11.4 Å². The lowest BCUT2D eigenvalue weighted by molar-refractivity contribution is 0.409. The van der Waals surface area contributed by atoms with Crippen molar-refractivity contribution in [1.82, 2.24) is 4.57 Å². The van der Waals surface area contributed by atoms with Crippen LogP contribution in [-0.4, -0.2) is 9.67 Å². The molecule has 1 N–H and O–H groups in total. The summed E-state index contributed by atoms with van der Waals surface area (Å²) >= 11 is 0. The highest BCUT2D eigenvalue weighted by molar-refractivity contribution is 5.57. The van der Waals surface area contributed by atoms with Gasteiger partial charge in [-0.05, 0) is 44.9 Å². The van der Waals surface area contributed by atoms with Crippen molar-refractivity contribution in [2.24, 2.45) is 10.2 Å². The van der Waals surface area contributed by atoms with Gasteiger partial charge in [0.1, 0.15) is 11.6 Å². The number of nitriles is 1. The quantitative estimate of drug-likeness (QED) is 0.874. The maximum absolute atomic E-state index is 12.4. The Bertz CT molecular complexity index is 889. The summed E-state index contributed by atoms with van der Waals surface area (Å²) in [7, 11) is 0. The molecule has 0 saturated carbocycles. The third-order valence-corrected chi connectivity index (χ3v) is 3.71. The van der Waals surface area contributed by atoms with Crippen molar-refractivity contribution in [3.8, 4) is 11.9 Å². The number of aryl methyl sites for hydroxylation is 2. The van der Waals surface area contributed by atoms with E-state index in [2.05, 4.69) is 10.2 Å². The molecule has 2 aromatic rings. The van der Waals surface area contributed by atoms with Gasteiger partial charge in [0.05, 0.1) is 5.69 Å². The van der Waals surface area contributed by atoms with E-state index in [0.29, 0.717) is 11.3 Å². The minimum absolute atomic E-state index is 0.0429. The van der Waals surface area contributed by atoms with Crippen LogP contribution in [0.5, 0.6) is 5.88 Å². The van der Waals surface area contributed by atoms with E-state index in [9.17, 15) is 15.2 Å². The molecule has 0 aliphatic rings. The Kier molecular flexibility index (Phi) is 4.60. The molecule has 0 spiro atoms. The monoisotopic (exact) mass is 310 g/mol. The number of rotatable bonds is 3. The molecule has 0 aliphatic heterocycles. The number of hydrogen-bond donors (Lipinski definition) is 1. The van der Waals surface area contributed by atoms with Crippen LogP contribution in [0.25, 0.3) is 0 Å². The summed E-state index contributed by atoms with van der Waals surface area (Å²) in [6, 6.07) is 7.69. The molecule has 1 heterocycles. The first-order valence-electron chi connectivity index (χ1n) is 7.26. The molecule has 0 aliphatic carbocycles. The molecule has 23 heavy (non-hydrogen) atoms. The summed E-state index contributed by atoms with van der Waals surface area (Å²) in [5.74, 6) is -0.330. The molecule has 1 aromatic heterocycles. The Balaban J connectivity index is 2.65. The lowest BCUT2D eigenvalue weighted by Gasteiger charge is -2.10. The Morgan fingerprint density at radius 1 is 1.26 bits per heavy atom. The number of azo groups is 1. The molecular formula is C17H18N4O2. The van der Waals surface area contributed by atoms with Gasteiger partial charge in [-0.1, -0.05) is 12.1 Å². The minimum atomic E-state index is -0.462. The van der Waals surface area contributed by atoms with E-state index in [0.717, 1.165) is 15.7 Å². The van der Waals surface area contributed by atoms with Crippen molar-refractivity contribution in [3.63, 3.8) is 0 Å². The van der Waals surface area contributed by atoms with Gasteiger partial charge in [-0.3, -0.25) is 9.36 Å². The SMILES string of the molecule is CCn1c(O)c(C#N)c(C)c(N=Nc2cc(C)ccc2C)c1=O. The molecule has 0 fully saturated rings. The summed E-state index contributed by atoms with van der Waals surface area (Å²) in [6.07, 6.45) is 0. The van der Waals surface area contributed by atoms with Crippen molar-refractivity contribution in [3.05, 3.63) is 50.8 Å². The zero-order valence-electron chi connectivity index (χ0n) is 13.6. The molecule has 0 saturated heterocycles.